The van der Waals surface area contributed by atoms with Gasteiger partial charge in [0.25, 0.3) is 10.2 Å². The van der Waals surface area contributed by atoms with Crippen LogP contribution in [0.3, 0.4) is 0 Å². The van der Waals surface area contributed by atoms with Crippen LogP contribution in [0.5, 0.6) is 0 Å². The van der Waals surface area contributed by atoms with Gasteiger partial charge in [-0.2, -0.15) is 17.4 Å². The third kappa shape index (κ3) is 3.60. The summed E-state index contributed by atoms with van der Waals surface area (Å²) in [6.45, 7) is 5.30. The van der Waals surface area contributed by atoms with Crippen LogP contribution in [0.15, 0.2) is 16.5 Å². The molecule has 0 saturated carbocycles. The lowest BCUT2D eigenvalue weighted by Gasteiger charge is -2.31. The van der Waals surface area contributed by atoms with Crippen molar-refractivity contribution in [1.82, 2.24) is 9.03 Å². The minimum absolute atomic E-state index is 0.374. The highest BCUT2D eigenvalue weighted by Crippen LogP contribution is 2.21. The van der Waals surface area contributed by atoms with E-state index in [2.05, 4.69) is 4.72 Å². The van der Waals surface area contributed by atoms with Crippen LogP contribution in [0, 0.1) is 12.8 Å². The van der Waals surface area contributed by atoms with Gasteiger partial charge in [-0.25, -0.2) is 0 Å². The zero-order valence-electron chi connectivity index (χ0n) is 12.0. The van der Waals surface area contributed by atoms with E-state index in [4.69, 9.17) is 10.2 Å². The Balaban J connectivity index is 1.97. The van der Waals surface area contributed by atoms with Crippen LogP contribution >= 0.6 is 0 Å². The minimum atomic E-state index is -3.47. The van der Waals surface area contributed by atoms with Gasteiger partial charge in [-0.15, -0.1) is 0 Å². The minimum Gasteiger partial charge on any atom is -0.465 e. The van der Waals surface area contributed by atoms with Gasteiger partial charge in [0.2, 0.25) is 0 Å². The number of aryl methyl sites for hydroxylation is 1. The number of hydrogen-bond acceptors (Lipinski definition) is 4. The molecule has 1 saturated heterocycles. The summed E-state index contributed by atoms with van der Waals surface area (Å²) in [6, 6.07) is 3.25. The topological polar surface area (TPSA) is 88.6 Å². The highest BCUT2D eigenvalue weighted by atomic mass is 32.2. The van der Waals surface area contributed by atoms with E-state index in [1.165, 1.54) is 4.31 Å². The Morgan fingerprint density at radius 2 is 2.10 bits per heavy atom. The zero-order valence-corrected chi connectivity index (χ0v) is 12.8. The summed E-state index contributed by atoms with van der Waals surface area (Å²) in [6.07, 6.45) is 1.65. The number of rotatable bonds is 5. The van der Waals surface area contributed by atoms with Crippen molar-refractivity contribution < 1.29 is 12.8 Å². The summed E-state index contributed by atoms with van der Waals surface area (Å²) in [5, 5.41) is 0. The fourth-order valence-electron chi connectivity index (χ4n) is 2.43. The summed E-state index contributed by atoms with van der Waals surface area (Å²) in [5.74, 6) is 1.84. The fraction of sp³-hybridized carbons (Fsp3) is 0.692. The van der Waals surface area contributed by atoms with Gasteiger partial charge in [-0.1, -0.05) is 0 Å². The van der Waals surface area contributed by atoms with Crippen LogP contribution in [0.2, 0.25) is 0 Å². The monoisotopic (exact) mass is 301 g/mol. The largest absolute Gasteiger partial charge is 0.465 e. The molecule has 1 fully saturated rings. The van der Waals surface area contributed by atoms with Gasteiger partial charge >= 0.3 is 0 Å². The Kier molecular flexibility index (Phi) is 4.85. The van der Waals surface area contributed by atoms with Crippen molar-refractivity contribution >= 4 is 10.2 Å². The van der Waals surface area contributed by atoms with Crippen LogP contribution in [-0.4, -0.2) is 32.4 Å². The van der Waals surface area contributed by atoms with Crippen LogP contribution < -0.4 is 10.5 Å². The van der Waals surface area contributed by atoms with E-state index >= 15 is 0 Å². The summed E-state index contributed by atoms with van der Waals surface area (Å²) >= 11 is 0. The molecule has 20 heavy (non-hydrogen) atoms. The second-order valence-corrected chi connectivity index (χ2v) is 7.07. The molecule has 3 N–H and O–H groups in total. The predicted octanol–water partition coefficient (Wildman–Crippen LogP) is 1.15. The Morgan fingerprint density at radius 3 is 2.60 bits per heavy atom. The zero-order chi connectivity index (χ0) is 14.8. The predicted molar refractivity (Wildman–Crippen MR) is 77.3 cm³/mol. The van der Waals surface area contributed by atoms with Gasteiger partial charge in [0.1, 0.15) is 11.5 Å². The van der Waals surface area contributed by atoms with Crippen LogP contribution in [0.1, 0.15) is 37.3 Å². The molecule has 1 aromatic rings. The lowest BCUT2D eigenvalue weighted by atomic mass is 9.99. The maximum Gasteiger partial charge on any atom is 0.280 e. The number of nitrogens with two attached hydrogens (primary N) is 1. The first-order chi connectivity index (χ1) is 9.42. The van der Waals surface area contributed by atoms with Crippen LogP contribution in [-0.2, 0) is 10.2 Å². The molecule has 1 aliphatic rings. The lowest BCUT2D eigenvalue weighted by Crippen LogP contribution is -2.46. The van der Waals surface area contributed by atoms with E-state index in [9.17, 15) is 8.42 Å². The smallest absolute Gasteiger partial charge is 0.280 e. The van der Waals surface area contributed by atoms with E-state index in [0.717, 1.165) is 18.6 Å². The van der Waals surface area contributed by atoms with Crippen molar-refractivity contribution in [3.8, 4) is 0 Å². The van der Waals surface area contributed by atoms with E-state index in [1.807, 2.05) is 13.0 Å². The Morgan fingerprint density at radius 1 is 1.45 bits per heavy atom. The van der Waals surface area contributed by atoms with E-state index in [0.29, 0.717) is 31.3 Å². The maximum atomic E-state index is 12.3. The number of nitrogens with one attached hydrogen (secondary N) is 1. The summed E-state index contributed by atoms with van der Waals surface area (Å²) in [5.41, 5.74) is 5.62. The number of furan rings is 1. The first-order valence-corrected chi connectivity index (χ1v) is 8.40. The highest BCUT2D eigenvalue weighted by Gasteiger charge is 2.29. The molecule has 0 bridgehead atoms. The normalized spacial score (nSPS) is 20.1. The van der Waals surface area contributed by atoms with Gasteiger partial charge in [-0.05, 0) is 51.3 Å². The molecule has 0 aliphatic carbocycles. The van der Waals surface area contributed by atoms with E-state index < -0.39 is 10.2 Å². The molecule has 2 rings (SSSR count). The van der Waals surface area contributed by atoms with Crippen molar-refractivity contribution in [2.24, 2.45) is 11.7 Å². The fourth-order valence-corrected chi connectivity index (χ4v) is 3.83. The molecule has 0 aromatic carbocycles. The number of nitrogens with zero attached hydrogens (tertiary/aromatic N) is 1. The molecule has 1 aromatic heterocycles. The summed E-state index contributed by atoms with van der Waals surface area (Å²) < 4.78 is 34.2. The van der Waals surface area contributed by atoms with Gasteiger partial charge < -0.3 is 10.2 Å². The van der Waals surface area contributed by atoms with Gasteiger partial charge in [-0.3, -0.25) is 0 Å². The van der Waals surface area contributed by atoms with Crippen molar-refractivity contribution in [3.05, 3.63) is 23.7 Å². The first kappa shape index (κ1) is 15.5. The molecular weight excluding hydrogens is 278 g/mol. The van der Waals surface area contributed by atoms with Crippen LogP contribution in [0.25, 0.3) is 0 Å². The SMILES string of the molecule is Cc1ccc(C(C)NS(=O)(=O)N2CCC(CN)CC2)o1. The van der Waals surface area contributed by atoms with Crippen molar-refractivity contribution in [1.29, 1.82) is 0 Å². The lowest BCUT2D eigenvalue weighted by molar-refractivity contribution is 0.274. The molecule has 1 aliphatic heterocycles. The summed E-state index contributed by atoms with van der Waals surface area (Å²) in [4.78, 5) is 0. The molecule has 2 heterocycles. The third-order valence-electron chi connectivity index (χ3n) is 3.76. The molecule has 1 unspecified atom stereocenters. The molecule has 1 atom stereocenters. The highest BCUT2D eigenvalue weighted by molar-refractivity contribution is 7.87. The molecular formula is C13H23N3O3S. The second-order valence-electron chi connectivity index (χ2n) is 5.37. The Labute approximate surface area is 120 Å². The van der Waals surface area contributed by atoms with E-state index in [-0.39, 0.29) is 6.04 Å². The quantitative estimate of drug-likeness (QED) is 0.854. The standard InChI is InChI=1S/C13H23N3O3S/c1-10-3-4-13(19-10)11(2)15-20(17,18)16-7-5-12(9-14)6-8-16/h3-4,11-12,15H,5-9,14H2,1-2H3. The first-order valence-electron chi connectivity index (χ1n) is 6.96. The van der Waals surface area contributed by atoms with Crippen LogP contribution in [0.4, 0.5) is 0 Å². The molecule has 6 nitrogen and oxygen atoms in total. The van der Waals surface area contributed by atoms with Crippen molar-refractivity contribution in [3.63, 3.8) is 0 Å². The second kappa shape index (κ2) is 6.26. The van der Waals surface area contributed by atoms with Crippen molar-refractivity contribution in [2.45, 2.75) is 32.7 Å². The Hall–Kier alpha value is -0.890. The maximum absolute atomic E-state index is 12.3. The molecule has 0 radical (unpaired) electrons. The third-order valence-corrected chi connectivity index (χ3v) is 5.46. The van der Waals surface area contributed by atoms with E-state index in [1.54, 1.807) is 13.0 Å². The molecule has 0 amide bonds. The summed E-state index contributed by atoms with van der Waals surface area (Å²) in [7, 11) is -3.47. The number of hydrogen-bond donors (Lipinski definition) is 2. The molecule has 7 heteroatoms. The van der Waals surface area contributed by atoms with Gasteiger partial charge in [0, 0.05) is 13.1 Å². The number of piperidine rings is 1. The molecule has 114 valence electrons. The van der Waals surface area contributed by atoms with Gasteiger partial charge in [0.05, 0.1) is 6.04 Å². The Bertz CT molecular complexity index is 533. The van der Waals surface area contributed by atoms with Crippen molar-refractivity contribution in [2.75, 3.05) is 19.6 Å². The molecule has 0 spiro atoms. The van der Waals surface area contributed by atoms with Gasteiger partial charge in [0.15, 0.2) is 0 Å². The average molecular weight is 301 g/mol. The average Bonchev–Trinajstić information content (AvgIpc) is 2.85.